The lowest BCUT2D eigenvalue weighted by molar-refractivity contribution is 0.588. The van der Waals surface area contributed by atoms with Crippen molar-refractivity contribution in [2.45, 2.75) is 0 Å². The summed E-state index contributed by atoms with van der Waals surface area (Å²) in [5, 5.41) is 2.04. The van der Waals surface area contributed by atoms with Crippen LogP contribution in [0.25, 0.3) is 10.9 Å². The van der Waals surface area contributed by atoms with Gasteiger partial charge in [-0.15, -0.1) is 0 Å². The highest BCUT2D eigenvalue weighted by molar-refractivity contribution is 9.10. The molecule has 4 heteroatoms. The highest BCUT2D eigenvalue weighted by Gasteiger charge is 2.17. The van der Waals surface area contributed by atoms with Crippen molar-refractivity contribution in [2.75, 3.05) is 13.3 Å². The Morgan fingerprint density at radius 1 is 1.33 bits per heavy atom. The minimum atomic E-state index is -2.20. The fourth-order valence-corrected chi connectivity index (χ4v) is 3.34. The first-order valence-corrected chi connectivity index (χ1v) is 8.09. The number of benzene rings is 1. The van der Waals surface area contributed by atoms with Crippen molar-refractivity contribution in [1.82, 2.24) is 4.57 Å². The number of hydrogen-bond acceptors (Lipinski definition) is 1. The average molecular weight is 286 g/mol. The van der Waals surface area contributed by atoms with Gasteiger partial charge < -0.3 is 9.13 Å². The van der Waals surface area contributed by atoms with Crippen LogP contribution in [0.4, 0.5) is 0 Å². The summed E-state index contributed by atoms with van der Waals surface area (Å²) < 4.78 is 15.2. The number of fused-ring (bicyclic) bond motifs is 1. The smallest absolute Gasteiger partial charge is 0.111 e. The van der Waals surface area contributed by atoms with Crippen LogP contribution in [0, 0.1) is 0 Å². The number of nitrogens with zero attached hydrogens (tertiary/aromatic N) is 1. The summed E-state index contributed by atoms with van der Waals surface area (Å²) in [4.78, 5) is 0. The third-order valence-corrected chi connectivity index (χ3v) is 4.52. The Kier molecular flexibility index (Phi) is 2.56. The zero-order valence-corrected chi connectivity index (χ0v) is 11.5. The van der Waals surface area contributed by atoms with Gasteiger partial charge in [0.1, 0.15) is 7.14 Å². The third kappa shape index (κ3) is 1.91. The maximum absolute atomic E-state index is 12.1. The molecule has 80 valence electrons. The Hall–Kier alpha value is -0.530. The van der Waals surface area contributed by atoms with Crippen LogP contribution < -0.4 is 5.30 Å². The Morgan fingerprint density at radius 2 is 2.00 bits per heavy atom. The predicted octanol–water partition coefficient (Wildman–Crippen LogP) is 3.19. The summed E-state index contributed by atoms with van der Waals surface area (Å²) in [6, 6.07) is 6.07. The normalized spacial score (nSPS) is 12.3. The van der Waals surface area contributed by atoms with E-state index in [9.17, 15) is 4.57 Å². The maximum Gasteiger partial charge on any atom is 0.111 e. The zero-order valence-electron chi connectivity index (χ0n) is 8.99. The summed E-state index contributed by atoms with van der Waals surface area (Å²) in [7, 11) is -0.223. The first kappa shape index (κ1) is 11.0. The Bertz CT molecular complexity index is 567. The minimum Gasteiger partial charge on any atom is -0.350 e. The molecule has 0 saturated carbocycles. The third-order valence-electron chi connectivity index (χ3n) is 2.51. The van der Waals surface area contributed by atoms with Crippen LogP contribution in [0.1, 0.15) is 0 Å². The lowest BCUT2D eigenvalue weighted by atomic mass is 10.2. The van der Waals surface area contributed by atoms with E-state index in [-0.39, 0.29) is 0 Å². The van der Waals surface area contributed by atoms with E-state index in [1.165, 1.54) is 0 Å². The second kappa shape index (κ2) is 3.50. The molecule has 0 spiro atoms. The van der Waals surface area contributed by atoms with Gasteiger partial charge in [-0.3, -0.25) is 0 Å². The second-order valence-electron chi connectivity index (χ2n) is 4.14. The second-order valence-corrected chi connectivity index (χ2v) is 8.24. The van der Waals surface area contributed by atoms with Crippen LogP contribution in [-0.2, 0) is 11.6 Å². The molecular formula is C11H13BrNOP. The molecule has 2 aromatic rings. The van der Waals surface area contributed by atoms with Crippen LogP contribution in [0.2, 0.25) is 0 Å². The van der Waals surface area contributed by atoms with Crippen molar-refractivity contribution in [3.05, 3.63) is 28.9 Å². The van der Waals surface area contributed by atoms with Crippen molar-refractivity contribution < 1.29 is 4.57 Å². The van der Waals surface area contributed by atoms with Crippen molar-refractivity contribution in [3.8, 4) is 0 Å². The van der Waals surface area contributed by atoms with Gasteiger partial charge in [-0.25, -0.2) is 0 Å². The summed E-state index contributed by atoms with van der Waals surface area (Å²) in [5.74, 6) is 0. The molecule has 0 fully saturated rings. The highest BCUT2D eigenvalue weighted by Crippen LogP contribution is 2.38. The number of rotatable bonds is 1. The molecule has 0 atom stereocenters. The van der Waals surface area contributed by atoms with Gasteiger partial charge in [0.15, 0.2) is 0 Å². The molecule has 2 nitrogen and oxygen atoms in total. The summed E-state index contributed by atoms with van der Waals surface area (Å²) >= 11 is 3.44. The largest absolute Gasteiger partial charge is 0.350 e. The van der Waals surface area contributed by atoms with Crippen molar-refractivity contribution in [1.29, 1.82) is 0 Å². The molecule has 2 rings (SSSR count). The molecule has 0 unspecified atom stereocenters. The van der Waals surface area contributed by atoms with E-state index in [2.05, 4.69) is 15.9 Å². The molecule has 0 N–H and O–H groups in total. The zero-order chi connectivity index (χ0) is 11.2. The van der Waals surface area contributed by atoms with Gasteiger partial charge in [0.2, 0.25) is 0 Å². The van der Waals surface area contributed by atoms with Gasteiger partial charge in [0, 0.05) is 33.9 Å². The Labute approximate surface area is 97.8 Å². The molecule has 0 amide bonds. The topological polar surface area (TPSA) is 22.0 Å². The van der Waals surface area contributed by atoms with E-state index in [1.807, 2.05) is 49.3 Å². The van der Waals surface area contributed by atoms with Crippen LogP contribution in [-0.4, -0.2) is 17.9 Å². The van der Waals surface area contributed by atoms with Crippen LogP contribution in [0.3, 0.4) is 0 Å². The maximum atomic E-state index is 12.1. The highest BCUT2D eigenvalue weighted by atomic mass is 79.9. The number of halogens is 1. The minimum absolute atomic E-state index is 0.960. The van der Waals surface area contributed by atoms with E-state index in [0.717, 1.165) is 20.7 Å². The van der Waals surface area contributed by atoms with Crippen molar-refractivity contribution in [2.24, 2.45) is 7.05 Å². The average Bonchev–Trinajstić information content (AvgIpc) is 2.42. The fraction of sp³-hybridized carbons (Fsp3) is 0.273. The Balaban J connectivity index is 2.87. The van der Waals surface area contributed by atoms with Crippen LogP contribution in [0.15, 0.2) is 28.9 Å². The molecule has 0 bridgehead atoms. The van der Waals surface area contributed by atoms with E-state index in [1.54, 1.807) is 0 Å². The molecule has 0 saturated heterocycles. The SMILES string of the molecule is Cn1cc(P(C)(C)=O)c2cc(Br)ccc21. The molecule has 0 aliphatic rings. The van der Waals surface area contributed by atoms with Gasteiger partial charge in [-0.1, -0.05) is 15.9 Å². The summed E-state index contributed by atoms with van der Waals surface area (Å²) in [6.45, 7) is 3.62. The molecule has 1 aromatic carbocycles. The lowest BCUT2D eigenvalue weighted by Crippen LogP contribution is -2.00. The quantitative estimate of drug-likeness (QED) is 0.738. The van der Waals surface area contributed by atoms with E-state index < -0.39 is 7.14 Å². The number of aromatic nitrogens is 1. The van der Waals surface area contributed by atoms with Crippen LogP contribution >= 0.6 is 23.1 Å². The van der Waals surface area contributed by atoms with Gasteiger partial charge in [0.05, 0.1) is 0 Å². The standard InChI is InChI=1S/C11H13BrNOP/c1-13-7-11(15(2,3)14)9-6-8(12)4-5-10(9)13/h4-7H,1-3H3. The monoisotopic (exact) mass is 285 g/mol. The van der Waals surface area contributed by atoms with Crippen LogP contribution in [0.5, 0.6) is 0 Å². The van der Waals surface area contributed by atoms with Gasteiger partial charge in [-0.2, -0.15) is 0 Å². The summed E-state index contributed by atoms with van der Waals surface area (Å²) in [5.41, 5.74) is 1.12. The van der Waals surface area contributed by atoms with E-state index >= 15 is 0 Å². The van der Waals surface area contributed by atoms with Crippen molar-refractivity contribution in [3.63, 3.8) is 0 Å². The molecular weight excluding hydrogens is 273 g/mol. The Morgan fingerprint density at radius 3 is 2.60 bits per heavy atom. The molecule has 0 radical (unpaired) electrons. The predicted molar refractivity (Wildman–Crippen MR) is 69.7 cm³/mol. The van der Waals surface area contributed by atoms with Crippen molar-refractivity contribution >= 4 is 39.3 Å². The molecule has 1 aromatic heterocycles. The molecule has 15 heavy (non-hydrogen) atoms. The molecule has 0 aliphatic heterocycles. The first-order chi connectivity index (χ1) is 6.89. The van der Waals surface area contributed by atoms with E-state index in [4.69, 9.17) is 0 Å². The van der Waals surface area contributed by atoms with Gasteiger partial charge >= 0.3 is 0 Å². The van der Waals surface area contributed by atoms with E-state index in [0.29, 0.717) is 0 Å². The lowest BCUT2D eigenvalue weighted by Gasteiger charge is -2.04. The first-order valence-electron chi connectivity index (χ1n) is 4.70. The van der Waals surface area contributed by atoms with Gasteiger partial charge in [0.25, 0.3) is 0 Å². The number of hydrogen-bond donors (Lipinski definition) is 0. The fourth-order valence-electron chi connectivity index (χ4n) is 1.77. The van der Waals surface area contributed by atoms with Gasteiger partial charge in [-0.05, 0) is 31.5 Å². The number of aryl methyl sites for hydroxylation is 1. The summed E-state index contributed by atoms with van der Waals surface area (Å²) in [6.07, 6.45) is 1.97. The molecule has 0 aliphatic carbocycles. The molecule has 1 heterocycles.